The molecule has 3 rings (SSSR count). The minimum Gasteiger partial charge on any atom is -0.363 e. The topological polar surface area (TPSA) is 37.8 Å². The summed E-state index contributed by atoms with van der Waals surface area (Å²) in [7, 11) is 0. The highest BCUT2D eigenvalue weighted by Crippen LogP contribution is 2.40. The number of nitrogens with zero attached hydrogens (tertiary/aromatic N) is 2. The molecule has 0 aliphatic heterocycles. The molecule has 1 N–H and O–H groups in total. The fourth-order valence-corrected chi connectivity index (χ4v) is 2.13. The van der Waals surface area contributed by atoms with Crippen molar-refractivity contribution in [3.8, 4) is 0 Å². The first-order valence-corrected chi connectivity index (χ1v) is 5.90. The zero-order valence-corrected chi connectivity index (χ0v) is 9.54. The van der Waals surface area contributed by atoms with Crippen LogP contribution in [-0.4, -0.2) is 21.4 Å². The standard InChI is InChI=1S/C12H12ClN3/c13-7-12(5-6-12)16-11-9-3-1-2-4-10(9)14-8-15-11/h1-4,8H,5-7H2,(H,14,15,16). The first kappa shape index (κ1) is 9.85. The van der Waals surface area contributed by atoms with Gasteiger partial charge in [0.15, 0.2) is 0 Å². The molecule has 3 nitrogen and oxygen atoms in total. The quantitative estimate of drug-likeness (QED) is 0.829. The van der Waals surface area contributed by atoms with Gasteiger partial charge in [0.05, 0.1) is 11.1 Å². The maximum absolute atomic E-state index is 5.95. The fraction of sp³-hybridized carbons (Fsp3) is 0.333. The van der Waals surface area contributed by atoms with Crippen LogP contribution in [0.5, 0.6) is 0 Å². The van der Waals surface area contributed by atoms with E-state index in [1.165, 1.54) is 0 Å². The molecular formula is C12H12ClN3. The van der Waals surface area contributed by atoms with Gasteiger partial charge in [-0.1, -0.05) is 12.1 Å². The van der Waals surface area contributed by atoms with Crippen molar-refractivity contribution in [3.63, 3.8) is 0 Å². The Morgan fingerprint density at radius 3 is 2.81 bits per heavy atom. The average molecular weight is 234 g/mol. The lowest BCUT2D eigenvalue weighted by atomic mass is 10.2. The van der Waals surface area contributed by atoms with E-state index < -0.39 is 0 Å². The third-order valence-corrected chi connectivity index (χ3v) is 3.55. The summed E-state index contributed by atoms with van der Waals surface area (Å²) >= 11 is 5.95. The summed E-state index contributed by atoms with van der Waals surface area (Å²) in [5.41, 5.74) is 1.03. The summed E-state index contributed by atoms with van der Waals surface area (Å²) < 4.78 is 0. The summed E-state index contributed by atoms with van der Waals surface area (Å²) in [6.07, 6.45) is 3.83. The molecular weight excluding hydrogens is 222 g/mol. The van der Waals surface area contributed by atoms with Crippen LogP contribution in [0.4, 0.5) is 5.82 Å². The molecule has 1 heterocycles. The third kappa shape index (κ3) is 1.61. The van der Waals surface area contributed by atoms with Gasteiger partial charge < -0.3 is 5.32 Å². The van der Waals surface area contributed by atoms with Gasteiger partial charge >= 0.3 is 0 Å². The fourth-order valence-electron chi connectivity index (χ4n) is 1.80. The molecule has 1 aliphatic carbocycles. The highest BCUT2D eigenvalue weighted by atomic mass is 35.5. The Morgan fingerprint density at radius 2 is 2.06 bits per heavy atom. The van der Waals surface area contributed by atoms with Crippen molar-refractivity contribution in [1.82, 2.24) is 9.97 Å². The van der Waals surface area contributed by atoms with Crippen LogP contribution in [-0.2, 0) is 0 Å². The number of anilines is 1. The van der Waals surface area contributed by atoms with E-state index in [4.69, 9.17) is 11.6 Å². The second-order valence-electron chi connectivity index (χ2n) is 4.28. The van der Waals surface area contributed by atoms with E-state index in [-0.39, 0.29) is 5.54 Å². The van der Waals surface area contributed by atoms with Gasteiger partial charge in [-0.15, -0.1) is 11.6 Å². The molecule has 16 heavy (non-hydrogen) atoms. The predicted octanol–water partition coefficient (Wildman–Crippen LogP) is 2.81. The Labute approximate surface area is 98.9 Å². The van der Waals surface area contributed by atoms with E-state index in [0.29, 0.717) is 5.88 Å². The van der Waals surface area contributed by atoms with Crippen LogP contribution in [0.25, 0.3) is 10.9 Å². The number of benzene rings is 1. The number of alkyl halides is 1. The van der Waals surface area contributed by atoms with Gasteiger partial charge in [0.2, 0.25) is 0 Å². The number of rotatable bonds is 3. The van der Waals surface area contributed by atoms with Crippen molar-refractivity contribution >= 4 is 28.3 Å². The Balaban J connectivity index is 2.03. The second kappa shape index (κ2) is 3.59. The van der Waals surface area contributed by atoms with Crippen LogP contribution in [0.3, 0.4) is 0 Å². The second-order valence-corrected chi connectivity index (χ2v) is 4.55. The average Bonchev–Trinajstić information content (AvgIpc) is 3.10. The maximum Gasteiger partial charge on any atom is 0.137 e. The van der Waals surface area contributed by atoms with Gasteiger partial charge in [-0.2, -0.15) is 0 Å². The van der Waals surface area contributed by atoms with E-state index in [0.717, 1.165) is 29.6 Å². The van der Waals surface area contributed by atoms with Crippen molar-refractivity contribution in [1.29, 1.82) is 0 Å². The monoisotopic (exact) mass is 233 g/mol. The highest BCUT2D eigenvalue weighted by molar-refractivity contribution is 6.19. The molecule has 2 aromatic rings. The Morgan fingerprint density at radius 1 is 1.25 bits per heavy atom. The van der Waals surface area contributed by atoms with Gasteiger partial charge in [0, 0.05) is 11.3 Å². The van der Waals surface area contributed by atoms with Crippen molar-refractivity contribution in [3.05, 3.63) is 30.6 Å². The van der Waals surface area contributed by atoms with E-state index in [2.05, 4.69) is 15.3 Å². The molecule has 1 fully saturated rings. The summed E-state index contributed by atoms with van der Waals surface area (Å²) in [6.45, 7) is 0. The number of fused-ring (bicyclic) bond motifs is 1. The summed E-state index contributed by atoms with van der Waals surface area (Å²) in [4.78, 5) is 8.53. The summed E-state index contributed by atoms with van der Waals surface area (Å²) in [5, 5.41) is 4.50. The van der Waals surface area contributed by atoms with E-state index in [1.807, 2.05) is 24.3 Å². The summed E-state index contributed by atoms with van der Waals surface area (Å²) in [6, 6.07) is 8.00. The molecule has 1 aromatic heterocycles. The molecule has 0 spiro atoms. The minimum atomic E-state index is 0.0681. The lowest BCUT2D eigenvalue weighted by Crippen LogP contribution is -2.23. The molecule has 1 aromatic carbocycles. The normalized spacial score (nSPS) is 17.3. The van der Waals surface area contributed by atoms with Gasteiger partial charge in [-0.3, -0.25) is 0 Å². The maximum atomic E-state index is 5.95. The van der Waals surface area contributed by atoms with E-state index >= 15 is 0 Å². The zero-order valence-electron chi connectivity index (χ0n) is 8.78. The molecule has 4 heteroatoms. The van der Waals surface area contributed by atoms with Crippen LogP contribution in [0.15, 0.2) is 30.6 Å². The number of nitrogens with one attached hydrogen (secondary N) is 1. The molecule has 0 saturated heterocycles. The Bertz CT molecular complexity index is 517. The number of halogens is 1. The predicted molar refractivity (Wildman–Crippen MR) is 65.8 cm³/mol. The van der Waals surface area contributed by atoms with Crippen LogP contribution < -0.4 is 5.32 Å². The van der Waals surface area contributed by atoms with Gasteiger partial charge in [0.1, 0.15) is 12.1 Å². The van der Waals surface area contributed by atoms with Crippen LogP contribution in [0.2, 0.25) is 0 Å². The highest BCUT2D eigenvalue weighted by Gasteiger charge is 2.42. The minimum absolute atomic E-state index is 0.0681. The van der Waals surface area contributed by atoms with Crippen molar-refractivity contribution in [2.24, 2.45) is 0 Å². The smallest absolute Gasteiger partial charge is 0.137 e. The first-order valence-electron chi connectivity index (χ1n) is 5.37. The molecule has 1 saturated carbocycles. The molecule has 0 atom stereocenters. The molecule has 0 bridgehead atoms. The van der Waals surface area contributed by atoms with Crippen LogP contribution >= 0.6 is 11.6 Å². The molecule has 0 unspecified atom stereocenters. The van der Waals surface area contributed by atoms with Crippen LogP contribution in [0.1, 0.15) is 12.8 Å². The molecule has 82 valence electrons. The number of para-hydroxylation sites is 1. The van der Waals surface area contributed by atoms with Gasteiger partial charge in [0.25, 0.3) is 0 Å². The first-order chi connectivity index (χ1) is 7.83. The van der Waals surface area contributed by atoms with E-state index in [9.17, 15) is 0 Å². The van der Waals surface area contributed by atoms with Crippen molar-refractivity contribution < 1.29 is 0 Å². The number of aromatic nitrogens is 2. The number of hydrogen-bond acceptors (Lipinski definition) is 3. The molecule has 0 radical (unpaired) electrons. The van der Waals surface area contributed by atoms with Crippen LogP contribution in [0, 0.1) is 0 Å². The van der Waals surface area contributed by atoms with Gasteiger partial charge in [-0.05, 0) is 25.0 Å². The molecule has 0 amide bonds. The number of hydrogen-bond donors (Lipinski definition) is 1. The van der Waals surface area contributed by atoms with Gasteiger partial charge in [-0.25, -0.2) is 9.97 Å². The Hall–Kier alpha value is -1.35. The SMILES string of the molecule is ClCC1(Nc2ncnc3ccccc23)CC1. The van der Waals surface area contributed by atoms with E-state index in [1.54, 1.807) is 6.33 Å². The van der Waals surface area contributed by atoms with Crippen molar-refractivity contribution in [2.75, 3.05) is 11.2 Å². The zero-order chi connectivity index (χ0) is 11.0. The summed E-state index contributed by atoms with van der Waals surface area (Å²) in [5.74, 6) is 1.52. The van der Waals surface area contributed by atoms with Crippen molar-refractivity contribution in [2.45, 2.75) is 18.4 Å². The molecule has 1 aliphatic rings. The largest absolute Gasteiger partial charge is 0.363 e. The lowest BCUT2D eigenvalue weighted by molar-refractivity contribution is 0.831. The lowest BCUT2D eigenvalue weighted by Gasteiger charge is -2.15. The third-order valence-electron chi connectivity index (χ3n) is 3.04. The Kier molecular flexibility index (Phi) is 2.21.